The van der Waals surface area contributed by atoms with Crippen LogP contribution in [0.5, 0.6) is 5.75 Å². The number of hydrogen-bond donors (Lipinski definition) is 1. The third-order valence-corrected chi connectivity index (χ3v) is 7.23. The Bertz CT molecular complexity index is 1480. The number of benzene rings is 1. The van der Waals surface area contributed by atoms with Gasteiger partial charge in [-0.3, -0.25) is 14.2 Å². The number of rotatable bonds is 8. The van der Waals surface area contributed by atoms with Gasteiger partial charge >= 0.3 is 5.69 Å². The van der Waals surface area contributed by atoms with Crippen molar-refractivity contribution in [3.05, 3.63) is 74.7 Å². The third-order valence-electron chi connectivity index (χ3n) is 5.93. The summed E-state index contributed by atoms with van der Waals surface area (Å²) in [6, 6.07) is 8.34. The molecule has 4 rings (SSSR count). The lowest BCUT2D eigenvalue weighted by atomic mass is 10.1. The van der Waals surface area contributed by atoms with Gasteiger partial charge in [-0.2, -0.15) is 5.10 Å². The van der Waals surface area contributed by atoms with Crippen molar-refractivity contribution in [2.45, 2.75) is 52.7 Å². The Labute approximate surface area is 206 Å². The van der Waals surface area contributed by atoms with E-state index in [1.807, 2.05) is 45.0 Å². The second kappa shape index (κ2) is 9.91. The predicted octanol–water partition coefficient (Wildman–Crippen LogP) is 3.06. The number of ether oxygens (including phenoxy) is 1. The summed E-state index contributed by atoms with van der Waals surface area (Å²) < 4.78 is 9.81. The molecule has 3 aromatic heterocycles. The van der Waals surface area contributed by atoms with Crippen molar-refractivity contribution in [1.29, 1.82) is 0 Å². The van der Waals surface area contributed by atoms with Gasteiger partial charge in [0.25, 0.3) is 5.56 Å². The van der Waals surface area contributed by atoms with Crippen molar-refractivity contribution in [2.24, 2.45) is 0 Å². The Morgan fingerprint density at radius 1 is 1.17 bits per heavy atom. The Morgan fingerprint density at radius 3 is 2.57 bits per heavy atom. The lowest BCUT2D eigenvalue weighted by molar-refractivity contribution is -0.124. The van der Waals surface area contributed by atoms with Crippen LogP contribution in [0.4, 0.5) is 0 Å². The van der Waals surface area contributed by atoms with Crippen LogP contribution in [0.15, 0.2) is 52.3 Å². The molecule has 0 fully saturated rings. The highest BCUT2D eigenvalue weighted by molar-refractivity contribution is 7.21. The van der Waals surface area contributed by atoms with Gasteiger partial charge in [-0.05, 0) is 51.8 Å². The lowest BCUT2D eigenvalue weighted by Gasteiger charge is -2.19. The van der Waals surface area contributed by atoms with E-state index in [0.29, 0.717) is 23.2 Å². The highest BCUT2D eigenvalue weighted by Crippen LogP contribution is 2.31. The predicted molar refractivity (Wildman–Crippen MR) is 137 cm³/mol. The molecule has 1 atom stereocenters. The highest BCUT2D eigenvalue weighted by atomic mass is 32.1. The fourth-order valence-corrected chi connectivity index (χ4v) is 5.42. The fraction of sp³-hybridized carbons (Fsp3) is 0.360. The fourth-order valence-electron chi connectivity index (χ4n) is 4.16. The van der Waals surface area contributed by atoms with Gasteiger partial charge in [0, 0.05) is 30.5 Å². The molecule has 0 bridgehead atoms. The van der Waals surface area contributed by atoms with Crippen LogP contribution in [-0.4, -0.2) is 38.0 Å². The number of amides is 1. The van der Waals surface area contributed by atoms with E-state index in [-0.39, 0.29) is 11.9 Å². The maximum Gasteiger partial charge on any atom is 0.332 e. The number of carbonyl (C=O) groups excluding carboxylic acids is 1. The number of aromatic nitrogens is 4. The van der Waals surface area contributed by atoms with Gasteiger partial charge in [0.2, 0.25) is 5.91 Å². The first-order valence-electron chi connectivity index (χ1n) is 11.4. The summed E-state index contributed by atoms with van der Waals surface area (Å²) >= 11 is 1.34. The first-order chi connectivity index (χ1) is 16.7. The highest BCUT2D eigenvalue weighted by Gasteiger charge is 2.26. The molecule has 9 nitrogen and oxygen atoms in total. The molecule has 3 heterocycles. The smallest absolute Gasteiger partial charge is 0.332 e. The van der Waals surface area contributed by atoms with Crippen LogP contribution in [0.25, 0.3) is 15.2 Å². The molecule has 0 saturated heterocycles. The van der Waals surface area contributed by atoms with Gasteiger partial charge < -0.3 is 10.1 Å². The summed E-state index contributed by atoms with van der Waals surface area (Å²) in [6.45, 7) is 7.40. The van der Waals surface area contributed by atoms with Gasteiger partial charge in [0.15, 0.2) is 0 Å². The minimum Gasteiger partial charge on any atom is -0.496 e. The summed E-state index contributed by atoms with van der Waals surface area (Å²) in [5, 5.41) is 8.29. The number of hydrogen-bond acceptors (Lipinski definition) is 6. The van der Waals surface area contributed by atoms with Crippen molar-refractivity contribution in [2.75, 3.05) is 7.11 Å². The van der Waals surface area contributed by atoms with Crippen LogP contribution in [0.1, 0.15) is 37.9 Å². The van der Waals surface area contributed by atoms with Crippen molar-refractivity contribution in [3.63, 3.8) is 0 Å². The molecule has 0 aliphatic heterocycles. The third kappa shape index (κ3) is 4.53. The Morgan fingerprint density at radius 2 is 1.91 bits per heavy atom. The molecule has 10 heteroatoms. The summed E-state index contributed by atoms with van der Waals surface area (Å²) in [6.07, 6.45) is 3.97. The Balaban J connectivity index is 1.92. The van der Waals surface area contributed by atoms with E-state index >= 15 is 0 Å². The summed E-state index contributed by atoms with van der Waals surface area (Å²) in [4.78, 5) is 40.7. The molecular formula is C25H29N5O4S. The molecule has 0 unspecified atom stereocenters. The Kier molecular flexibility index (Phi) is 6.93. The molecule has 1 aromatic carbocycles. The minimum atomic E-state index is -0.966. The van der Waals surface area contributed by atoms with Crippen LogP contribution < -0.4 is 21.3 Å². The van der Waals surface area contributed by atoms with E-state index in [9.17, 15) is 14.4 Å². The first kappa shape index (κ1) is 24.5. The van der Waals surface area contributed by atoms with Crippen LogP contribution >= 0.6 is 11.3 Å². The van der Waals surface area contributed by atoms with E-state index in [2.05, 4.69) is 10.4 Å². The normalized spacial score (nSPS) is 12.3. The van der Waals surface area contributed by atoms with E-state index < -0.39 is 17.3 Å². The molecule has 4 aromatic rings. The molecule has 0 saturated carbocycles. The molecule has 184 valence electrons. The van der Waals surface area contributed by atoms with Crippen molar-refractivity contribution >= 4 is 27.5 Å². The number of carbonyl (C=O) groups is 1. The maximum atomic E-state index is 13.7. The summed E-state index contributed by atoms with van der Waals surface area (Å²) in [7, 11) is 1.61. The SMILES string of the molecule is COc1ccccc1CCn1c(=O)n([C@@H](C)C(=O)NC(C)C)c(=O)c2c(C)c(-n3cccn3)sc21. The van der Waals surface area contributed by atoms with Crippen LogP contribution in [0.3, 0.4) is 0 Å². The molecular weight excluding hydrogens is 466 g/mol. The summed E-state index contributed by atoms with van der Waals surface area (Å²) in [5.41, 5.74) is 0.670. The maximum absolute atomic E-state index is 13.7. The number of nitrogens with zero attached hydrogens (tertiary/aromatic N) is 4. The summed E-state index contributed by atoms with van der Waals surface area (Å²) in [5.74, 6) is 0.351. The molecule has 35 heavy (non-hydrogen) atoms. The van der Waals surface area contributed by atoms with Gasteiger partial charge in [-0.1, -0.05) is 29.5 Å². The standard InChI is InChI=1S/C25H29N5O4S/c1-15(2)27-21(31)17(4)30-22(32)20-16(3)23(29-13-8-12-26-29)35-24(20)28(25(30)33)14-11-18-9-6-7-10-19(18)34-5/h6-10,12-13,15,17H,11,14H2,1-5H3,(H,27,31)/t17-/m0/s1. The zero-order valence-electron chi connectivity index (χ0n) is 20.4. The van der Waals surface area contributed by atoms with Gasteiger partial charge in [0.1, 0.15) is 21.6 Å². The van der Waals surface area contributed by atoms with Crippen molar-refractivity contribution in [1.82, 2.24) is 24.2 Å². The molecule has 0 radical (unpaired) electrons. The first-order valence-corrected chi connectivity index (χ1v) is 12.3. The van der Waals surface area contributed by atoms with E-state index in [1.165, 1.54) is 11.3 Å². The van der Waals surface area contributed by atoms with Crippen LogP contribution in [0.2, 0.25) is 0 Å². The average molecular weight is 496 g/mol. The minimum absolute atomic E-state index is 0.119. The number of para-hydroxylation sites is 1. The molecule has 1 N–H and O–H groups in total. The zero-order valence-corrected chi connectivity index (χ0v) is 21.3. The lowest BCUT2D eigenvalue weighted by Crippen LogP contribution is -2.47. The second-order valence-corrected chi connectivity index (χ2v) is 9.65. The van der Waals surface area contributed by atoms with E-state index in [1.54, 1.807) is 41.7 Å². The second-order valence-electron chi connectivity index (χ2n) is 8.67. The molecule has 0 spiro atoms. The molecule has 1 amide bonds. The van der Waals surface area contributed by atoms with Gasteiger partial charge in [-0.25, -0.2) is 14.0 Å². The van der Waals surface area contributed by atoms with Gasteiger partial charge in [-0.15, -0.1) is 0 Å². The number of fused-ring (bicyclic) bond motifs is 1. The number of nitrogens with one attached hydrogen (secondary N) is 1. The number of thiophene rings is 1. The molecule has 0 aliphatic rings. The monoisotopic (exact) mass is 495 g/mol. The zero-order chi connectivity index (χ0) is 25.3. The van der Waals surface area contributed by atoms with Gasteiger partial charge in [0.05, 0.1) is 12.5 Å². The number of aryl methyl sites for hydroxylation is 3. The van der Waals surface area contributed by atoms with Crippen LogP contribution in [-0.2, 0) is 17.8 Å². The van der Waals surface area contributed by atoms with E-state index in [0.717, 1.165) is 26.4 Å². The van der Waals surface area contributed by atoms with Crippen LogP contribution in [0, 0.1) is 6.92 Å². The Hall–Kier alpha value is -3.66. The van der Waals surface area contributed by atoms with Crippen molar-refractivity contribution < 1.29 is 9.53 Å². The average Bonchev–Trinajstić information content (AvgIpc) is 3.47. The van der Waals surface area contributed by atoms with E-state index in [4.69, 9.17) is 4.74 Å². The quantitative estimate of drug-likeness (QED) is 0.405. The molecule has 0 aliphatic carbocycles. The van der Waals surface area contributed by atoms with Crippen molar-refractivity contribution in [3.8, 4) is 10.8 Å². The number of methoxy groups -OCH3 is 1. The largest absolute Gasteiger partial charge is 0.496 e. The topological polar surface area (TPSA) is 100 Å².